The molecule has 218 valence electrons. The van der Waals surface area contributed by atoms with Crippen LogP contribution in [0.15, 0.2) is 162 Å². The fraction of sp³-hybridized carbons (Fsp3) is 0.0233. The van der Waals surface area contributed by atoms with Gasteiger partial charge in [0.2, 0.25) is 6.79 Å². The van der Waals surface area contributed by atoms with Crippen molar-refractivity contribution in [2.24, 2.45) is 0 Å². The van der Waals surface area contributed by atoms with Crippen molar-refractivity contribution >= 4 is 21.9 Å². The van der Waals surface area contributed by atoms with E-state index in [1.165, 1.54) is 22.3 Å². The number of ether oxygens (including phenoxy) is 2. The highest BCUT2D eigenvalue weighted by Crippen LogP contribution is 2.45. The van der Waals surface area contributed by atoms with E-state index in [4.69, 9.17) is 13.9 Å². The van der Waals surface area contributed by atoms with Gasteiger partial charge in [-0.3, -0.25) is 0 Å². The van der Waals surface area contributed by atoms with Crippen molar-refractivity contribution in [1.29, 1.82) is 0 Å². The van der Waals surface area contributed by atoms with Crippen LogP contribution in [0.5, 0.6) is 11.5 Å². The zero-order valence-corrected chi connectivity index (χ0v) is 24.9. The maximum atomic E-state index is 6.39. The molecule has 0 spiro atoms. The van der Waals surface area contributed by atoms with Gasteiger partial charge in [-0.15, -0.1) is 0 Å². The molecule has 1 aliphatic heterocycles. The second-order valence-electron chi connectivity index (χ2n) is 11.6. The summed E-state index contributed by atoms with van der Waals surface area (Å²) in [5.74, 6) is 1.59. The molecule has 7 aromatic carbocycles. The number of rotatable bonds is 4. The Bertz CT molecular complexity index is 2330. The largest absolute Gasteiger partial charge is 0.457 e. The van der Waals surface area contributed by atoms with Gasteiger partial charge >= 0.3 is 0 Å². The van der Waals surface area contributed by atoms with Crippen LogP contribution in [0.25, 0.3) is 77.6 Å². The third kappa shape index (κ3) is 4.53. The van der Waals surface area contributed by atoms with Gasteiger partial charge in [0.05, 0.1) is 0 Å². The van der Waals surface area contributed by atoms with E-state index in [0.29, 0.717) is 0 Å². The molecule has 0 radical (unpaired) electrons. The molecular formula is C43H28O3. The molecular weight excluding hydrogens is 564 g/mol. The Balaban J connectivity index is 1.20. The molecule has 0 bridgehead atoms. The molecule has 1 aromatic heterocycles. The normalized spacial score (nSPS) is 12.2. The van der Waals surface area contributed by atoms with Crippen LogP contribution in [0.2, 0.25) is 0 Å². The van der Waals surface area contributed by atoms with E-state index in [1.54, 1.807) is 0 Å². The van der Waals surface area contributed by atoms with Gasteiger partial charge in [0, 0.05) is 27.5 Å². The van der Waals surface area contributed by atoms with Crippen molar-refractivity contribution < 1.29 is 13.9 Å². The summed E-state index contributed by atoms with van der Waals surface area (Å²) in [5.41, 5.74) is 12.8. The van der Waals surface area contributed by atoms with Crippen molar-refractivity contribution in [3.8, 4) is 67.1 Å². The highest BCUT2D eigenvalue weighted by atomic mass is 16.7. The van der Waals surface area contributed by atoms with Gasteiger partial charge in [0.15, 0.2) is 0 Å². The van der Waals surface area contributed by atoms with E-state index in [2.05, 4.69) is 140 Å². The second-order valence-corrected chi connectivity index (χ2v) is 11.6. The molecule has 3 heteroatoms. The first-order valence-electron chi connectivity index (χ1n) is 15.5. The monoisotopic (exact) mass is 592 g/mol. The molecule has 2 heterocycles. The molecule has 0 N–H and O–H groups in total. The number of hydrogen-bond acceptors (Lipinski definition) is 3. The predicted molar refractivity (Wildman–Crippen MR) is 187 cm³/mol. The maximum absolute atomic E-state index is 6.39. The minimum atomic E-state index is 0.152. The first-order valence-corrected chi connectivity index (χ1v) is 15.5. The minimum absolute atomic E-state index is 0.152. The number of fused-ring (bicyclic) bond motifs is 6. The van der Waals surface area contributed by atoms with Gasteiger partial charge in [-0.25, -0.2) is 0 Å². The van der Waals surface area contributed by atoms with Crippen LogP contribution in [0.3, 0.4) is 0 Å². The third-order valence-electron chi connectivity index (χ3n) is 8.87. The van der Waals surface area contributed by atoms with Crippen LogP contribution in [0.1, 0.15) is 0 Å². The highest BCUT2D eigenvalue weighted by Gasteiger charge is 2.20. The van der Waals surface area contributed by atoms with E-state index >= 15 is 0 Å². The molecule has 1 aliphatic rings. The lowest BCUT2D eigenvalue weighted by molar-refractivity contribution is 0.125. The van der Waals surface area contributed by atoms with Gasteiger partial charge in [0.25, 0.3) is 0 Å². The molecule has 46 heavy (non-hydrogen) atoms. The Labute approximate surface area is 266 Å². The molecule has 0 saturated carbocycles. The zero-order valence-electron chi connectivity index (χ0n) is 24.9. The molecule has 8 aromatic rings. The zero-order chi connectivity index (χ0) is 30.5. The SMILES string of the molecule is c1ccc(-c2cc(-c3ccccc3)cc(-c3ccc4c(c3)-c3cc(-c5cccc6c5oc5ccccc56)ccc3OCO4)c2)cc1. The molecule has 0 unspecified atom stereocenters. The topological polar surface area (TPSA) is 31.6 Å². The predicted octanol–water partition coefficient (Wildman–Crippen LogP) is 11.6. The van der Waals surface area contributed by atoms with E-state index < -0.39 is 0 Å². The maximum Gasteiger partial charge on any atom is 0.230 e. The van der Waals surface area contributed by atoms with E-state index in [0.717, 1.165) is 66.8 Å². The lowest BCUT2D eigenvalue weighted by Gasteiger charge is -2.14. The standard InChI is InChI=1S/C43H28O3/c1-3-10-28(11-4-1)32-22-33(29-12-5-2-6-13-29)24-34(23-32)30-18-20-40-38(25-30)39-26-31(19-21-41(39)45-27-44-40)35-15-9-16-37-36-14-7-8-17-42(36)46-43(35)37/h1-26H,27H2. The fourth-order valence-corrected chi connectivity index (χ4v) is 6.60. The van der Waals surface area contributed by atoms with Crippen LogP contribution in [0.4, 0.5) is 0 Å². The van der Waals surface area contributed by atoms with Crippen LogP contribution in [0, 0.1) is 0 Å². The molecule has 0 atom stereocenters. The quantitative estimate of drug-likeness (QED) is 0.204. The Hall–Kier alpha value is -6.06. The van der Waals surface area contributed by atoms with Gasteiger partial charge < -0.3 is 13.9 Å². The third-order valence-corrected chi connectivity index (χ3v) is 8.87. The summed E-state index contributed by atoms with van der Waals surface area (Å²) in [4.78, 5) is 0. The van der Waals surface area contributed by atoms with E-state index in [1.807, 2.05) is 18.2 Å². The summed E-state index contributed by atoms with van der Waals surface area (Å²) in [6, 6.07) is 55.3. The van der Waals surface area contributed by atoms with Crippen molar-refractivity contribution in [2.75, 3.05) is 6.79 Å². The molecule has 9 rings (SSSR count). The Kier molecular flexibility index (Phi) is 6.20. The minimum Gasteiger partial charge on any atom is -0.457 e. The lowest BCUT2D eigenvalue weighted by atomic mass is 9.91. The Morgan fingerprint density at radius 2 is 0.891 bits per heavy atom. The van der Waals surface area contributed by atoms with Crippen LogP contribution >= 0.6 is 0 Å². The van der Waals surface area contributed by atoms with Gasteiger partial charge in [-0.2, -0.15) is 0 Å². The number of para-hydroxylation sites is 2. The highest BCUT2D eigenvalue weighted by molar-refractivity contribution is 6.09. The fourth-order valence-electron chi connectivity index (χ4n) is 6.60. The number of benzene rings is 7. The summed E-state index contributed by atoms with van der Waals surface area (Å²) < 4.78 is 18.6. The van der Waals surface area contributed by atoms with Gasteiger partial charge in [0.1, 0.15) is 22.7 Å². The summed E-state index contributed by atoms with van der Waals surface area (Å²) in [5, 5.41) is 2.23. The smallest absolute Gasteiger partial charge is 0.230 e. The van der Waals surface area contributed by atoms with Crippen molar-refractivity contribution in [3.05, 3.63) is 158 Å². The molecule has 0 amide bonds. The van der Waals surface area contributed by atoms with Crippen molar-refractivity contribution in [1.82, 2.24) is 0 Å². The van der Waals surface area contributed by atoms with Crippen molar-refractivity contribution in [3.63, 3.8) is 0 Å². The molecule has 3 nitrogen and oxygen atoms in total. The average molecular weight is 593 g/mol. The van der Waals surface area contributed by atoms with E-state index in [9.17, 15) is 0 Å². The number of furan rings is 1. The summed E-state index contributed by atoms with van der Waals surface area (Å²) in [7, 11) is 0. The average Bonchev–Trinajstić information content (AvgIpc) is 3.41. The summed E-state index contributed by atoms with van der Waals surface area (Å²) >= 11 is 0. The molecule has 0 aliphatic carbocycles. The van der Waals surface area contributed by atoms with Crippen LogP contribution in [-0.4, -0.2) is 6.79 Å². The van der Waals surface area contributed by atoms with Crippen molar-refractivity contribution in [2.45, 2.75) is 0 Å². The van der Waals surface area contributed by atoms with Crippen LogP contribution < -0.4 is 9.47 Å². The van der Waals surface area contributed by atoms with Gasteiger partial charge in [-0.1, -0.05) is 109 Å². The van der Waals surface area contributed by atoms with E-state index in [-0.39, 0.29) is 6.79 Å². The second kappa shape index (κ2) is 10.8. The first-order chi connectivity index (χ1) is 22.8. The van der Waals surface area contributed by atoms with Crippen LogP contribution in [-0.2, 0) is 0 Å². The Morgan fingerprint density at radius 1 is 0.348 bits per heavy atom. The summed E-state index contributed by atoms with van der Waals surface area (Å²) in [6.45, 7) is 0.152. The molecule has 0 saturated heterocycles. The Morgan fingerprint density at radius 3 is 1.57 bits per heavy atom. The lowest BCUT2D eigenvalue weighted by Crippen LogP contribution is -2.03. The first kappa shape index (κ1) is 26.4. The summed E-state index contributed by atoms with van der Waals surface area (Å²) in [6.07, 6.45) is 0. The molecule has 0 fully saturated rings. The number of hydrogen-bond donors (Lipinski definition) is 0. The van der Waals surface area contributed by atoms with Gasteiger partial charge in [-0.05, 0) is 87.5 Å².